The number of nitrogens with one attached hydrogen (secondary N) is 3. The van der Waals surface area contributed by atoms with Gasteiger partial charge in [0.05, 0.1) is 4.90 Å². The molecule has 3 N–H and O–H groups in total. The maximum absolute atomic E-state index is 12.8. The summed E-state index contributed by atoms with van der Waals surface area (Å²) in [4.78, 5) is 25.3. The van der Waals surface area contributed by atoms with Crippen LogP contribution in [0.25, 0.3) is 0 Å². The molecule has 2 rings (SSSR count). The minimum atomic E-state index is -3.54. The summed E-state index contributed by atoms with van der Waals surface area (Å²) in [5.41, 5.74) is 0.924. The summed E-state index contributed by atoms with van der Waals surface area (Å²) in [6.45, 7) is 3.83. The number of amides is 2. The zero-order valence-electron chi connectivity index (χ0n) is 16.1. The van der Waals surface area contributed by atoms with Crippen LogP contribution in [0.1, 0.15) is 30.6 Å². The maximum atomic E-state index is 12.8. The third-order valence-electron chi connectivity index (χ3n) is 4.52. The van der Waals surface area contributed by atoms with Crippen LogP contribution >= 0.6 is 0 Å². The summed E-state index contributed by atoms with van der Waals surface area (Å²) in [5, 5.41) is 5.53. The number of rotatable bonds is 8. The van der Waals surface area contributed by atoms with Gasteiger partial charge in [-0.05, 0) is 49.4 Å². The van der Waals surface area contributed by atoms with Gasteiger partial charge in [0.15, 0.2) is 0 Å². The molecular weight excluding hydrogens is 378 g/mol. The van der Waals surface area contributed by atoms with Crippen LogP contribution < -0.4 is 15.4 Å². The Labute approximate surface area is 165 Å². The largest absolute Gasteiger partial charge is 0.340 e. The summed E-state index contributed by atoms with van der Waals surface area (Å²) in [5.74, 6) is -0.768. The lowest BCUT2D eigenvalue weighted by molar-refractivity contribution is -0.119. The molecule has 0 aromatic heterocycles. The molecule has 7 nitrogen and oxygen atoms in total. The third kappa shape index (κ3) is 5.40. The van der Waals surface area contributed by atoms with Gasteiger partial charge < -0.3 is 10.6 Å². The molecule has 150 valence electrons. The molecule has 0 radical (unpaired) electrons. The average molecular weight is 404 g/mol. The number of carbonyl (C=O) groups excluding carboxylic acids is 2. The van der Waals surface area contributed by atoms with Crippen LogP contribution in [0.15, 0.2) is 59.5 Å². The first kappa shape index (κ1) is 21.6. The van der Waals surface area contributed by atoms with E-state index in [1.807, 2.05) is 19.9 Å². The highest BCUT2D eigenvalue weighted by Crippen LogP contribution is 2.16. The van der Waals surface area contributed by atoms with Gasteiger partial charge in [-0.1, -0.05) is 38.5 Å². The Balaban J connectivity index is 2.14. The van der Waals surface area contributed by atoms with Crippen molar-refractivity contribution in [1.82, 2.24) is 10.0 Å². The number of hydrogen-bond donors (Lipinski definition) is 3. The number of anilines is 1. The van der Waals surface area contributed by atoms with E-state index in [1.54, 1.807) is 24.3 Å². The SMILES string of the molecule is CCC(C)C(NC(=O)c1ccccc1)C(=O)Nc1ccc(S(=O)(=O)NC)cc1. The normalized spacial score (nSPS) is 13.4. The molecule has 28 heavy (non-hydrogen) atoms. The lowest BCUT2D eigenvalue weighted by atomic mass is 9.97. The lowest BCUT2D eigenvalue weighted by Gasteiger charge is -2.23. The van der Waals surface area contributed by atoms with Gasteiger partial charge in [0.2, 0.25) is 15.9 Å². The van der Waals surface area contributed by atoms with Gasteiger partial charge in [-0.2, -0.15) is 0 Å². The first-order valence-electron chi connectivity index (χ1n) is 8.99. The van der Waals surface area contributed by atoms with E-state index >= 15 is 0 Å². The van der Waals surface area contributed by atoms with E-state index < -0.39 is 16.1 Å². The average Bonchev–Trinajstić information content (AvgIpc) is 2.72. The Morgan fingerprint density at radius 2 is 1.61 bits per heavy atom. The molecule has 0 fully saturated rings. The molecule has 2 aromatic rings. The summed E-state index contributed by atoms with van der Waals surface area (Å²) >= 11 is 0. The van der Waals surface area contributed by atoms with E-state index in [4.69, 9.17) is 0 Å². The number of hydrogen-bond acceptors (Lipinski definition) is 4. The molecule has 0 saturated heterocycles. The Kier molecular flexibility index (Phi) is 7.31. The Morgan fingerprint density at radius 1 is 1.00 bits per heavy atom. The maximum Gasteiger partial charge on any atom is 0.251 e. The Morgan fingerprint density at radius 3 is 2.14 bits per heavy atom. The highest BCUT2D eigenvalue weighted by Gasteiger charge is 2.26. The van der Waals surface area contributed by atoms with Crippen molar-refractivity contribution in [2.24, 2.45) is 5.92 Å². The second-order valence-corrected chi connectivity index (χ2v) is 8.31. The molecule has 8 heteroatoms. The minimum absolute atomic E-state index is 0.0865. The second kappa shape index (κ2) is 9.48. The molecule has 0 heterocycles. The van der Waals surface area contributed by atoms with Crippen LogP contribution in [0.5, 0.6) is 0 Å². The quantitative estimate of drug-likeness (QED) is 0.629. The first-order valence-corrected chi connectivity index (χ1v) is 10.5. The molecule has 2 aromatic carbocycles. The van der Waals surface area contributed by atoms with Crippen molar-refractivity contribution in [1.29, 1.82) is 0 Å². The fourth-order valence-corrected chi connectivity index (χ4v) is 3.30. The van der Waals surface area contributed by atoms with Crippen molar-refractivity contribution in [2.45, 2.75) is 31.2 Å². The van der Waals surface area contributed by atoms with Crippen molar-refractivity contribution >= 4 is 27.5 Å². The van der Waals surface area contributed by atoms with Crippen molar-refractivity contribution in [3.05, 3.63) is 60.2 Å². The number of benzene rings is 2. The van der Waals surface area contributed by atoms with E-state index in [1.165, 1.54) is 31.3 Å². The van der Waals surface area contributed by atoms with Gasteiger partial charge >= 0.3 is 0 Å². The monoisotopic (exact) mass is 403 g/mol. The van der Waals surface area contributed by atoms with Crippen LogP contribution in [-0.4, -0.2) is 33.3 Å². The van der Waals surface area contributed by atoms with Gasteiger partial charge in [-0.3, -0.25) is 9.59 Å². The zero-order chi connectivity index (χ0) is 20.7. The van der Waals surface area contributed by atoms with E-state index in [-0.39, 0.29) is 22.6 Å². The molecular formula is C20H25N3O4S. The van der Waals surface area contributed by atoms with Crippen LogP contribution in [0.3, 0.4) is 0 Å². The zero-order valence-corrected chi connectivity index (χ0v) is 16.9. The highest BCUT2D eigenvalue weighted by molar-refractivity contribution is 7.89. The molecule has 2 unspecified atom stereocenters. The van der Waals surface area contributed by atoms with E-state index in [2.05, 4.69) is 15.4 Å². The van der Waals surface area contributed by atoms with Gasteiger partial charge in [0.25, 0.3) is 5.91 Å². The standard InChI is InChI=1S/C20H25N3O4S/c1-4-14(2)18(23-19(24)15-8-6-5-7-9-15)20(25)22-16-10-12-17(13-11-16)28(26,27)21-3/h5-14,18,21H,4H2,1-3H3,(H,22,25)(H,23,24). The van der Waals surface area contributed by atoms with Gasteiger partial charge in [0, 0.05) is 11.3 Å². The third-order valence-corrected chi connectivity index (χ3v) is 5.95. The highest BCUT2D eigenvalue weighted by atomic mass is 32.2. The fourth-order valence-electron chi connectivity index (χ4n) is 2.57. The second-order valence-electron chi connectivity index (χ2n) is 6.42. The topological polar surface area (TPSA) is 104 Å². The van der Waals surface area contributed by atoms with Crippen LogP contribution in [0.4, 0.5) is 5.69 Å². The van der Waals surface area contributed by atoms with Crippen molar-refractivity contribution in [2.75, 3.05) is 12.4 Å². The number of sulfonamides is 1. The Bertz CT molecular complexity index is 912. The molecule has 0 aliphatic carbocycles. The van der Waals surface area contributed by atoms with Crippen LogP contribution in [-0.2, 0) is 14.8 Å². The Hall–Kier alpha value is -2.71. The van der Waals surface area contributed by atoms with Crippen molar-refractivity contribution in [3.8, 4) is 0 Å². The van der Waals surface area contributed by atoms with Gasteiger partial charge in [-0.15, -0.1) is 0 Å². The summed E-state index contributed by atoms with van der Waals surface area (Å²) < 4.78 is 25.8. The van der Waals surface area contributed by atoms with Crippen molar-refractivity contribution < 1.29 is 18.0 Å². The van der Waals surface area contributed by atoms with E-state index in [9.17, 15) is 18.0 Å². The minimum Gasteiger partial charge on any atom is -0.340 e. The molecule has 0 saturated carbocycles. The van der Waals surface area contributed by atoms with Crippen molar-refractivity contribution in [3.63, 3.8) is 0 Å². The lowest BCUT2D eigenvalue weighted by Crippen LogP contribution is -2.47. The molecule has 0 aliphatic rings. The molecule has 2 atom stereocenters. The number of carbonyl (C=O) groups is 2. The fraction of sp³-hybridized carbons (Fsp3) is 0.300. The molecule has 2 amide bonds. The predicted molar refractivity (Wildman–Crippen MR) is 108 cm³/mol. The van der Waals surface area contributed by atoms with E-state index in [0.29, 0.717) is 17.7 Å². The summed E-state index contributed by atoms with van der Waals surface area (Å²) in [6.07, 6.45) is 0.701. The van der Waals surface area contributed by atoms with Crippen LogP contribution in [0.2, 0.25) is 0 Å². The van der Waals surface area contributed by atoms with Gasteiger partial charge in [0.1, 0.15) is 6.04 Å². The predicted octanol–water partition coefficient (Wildman–Crippen LogP) is 2.38. The van der Waals surface area contributed by atoms with Crippen LogP contribution in [0, 0.1) is 5.92 Å². The summed E-state index contributed by atoms with van der Waals surface area (Å²) in [6, 6.07) is 13.8. The first-order chi connectivity index (χ1) is 13.3. The van der Waals surface area contributed by atoms with E-state index in [0.717, 1.165) is 0 Å². The molecule has 0 bridgehead atoms. The molecule has 0 aliphatic heterocycles. The van der Waals surface area contributed by atoms with Gasteiger partial charge in [-0.25, -0.2) is 13.1 Å². The molecule has 0 spiro atoms. The smallest absolute Gasteiger partial charge is 0.251 e. The summed E-state index contributed by atoms with van der Waals surface area (Å²) in [7, 11) is -2.21.